The van der Waals surface area contributed by atoms with E-state index >= 15 is 0 Å². The second-order valence-electron chi connectivity index (χ2n) is 10.3. The molecular formula is C23H36N2O5S. The predicted octanol–water partition coefficient (Wildman–Crippen LogP) is 2.27. The number of aliphatic hydroxyl groups excluding tert-OH is 1. The summed E-state index contributed by atoms with van der Waals surface area (Å²) in [6.07, 6.45) is 5.30. The molecular weight excluding hydrogens is 416 g/mol. The molecule has 4 unspecified atom stereocenters. The molecule has 2 aliphatic rings. The molecule has 0 aromatic heterocycles. The molecule has 0 radical (unpaired) electrons. The van der Waals surface area contributed by atoms with Crippen LogP contribution in [0.4, 0.5) is 0 Å². The molecule has 4 atom stereocenters. The first-order valence-electron chi connectivity index (χ1n) is 11.1. The monoisotopic (exact) mass is 452 g/mol. The van der Waals surface area contributed by atoms with Crippen molar-refractivity contribution in [2.24, 2.45) is 17.8 Å². The third-order valence-corrected chi connectivity index (χ3v) is 8.51. The van der Waals surface area contributed by atoms with Gasteiger partial charge in [-0.25, -0.2) is 8.42 Å². The van der Waals surface area contributed by atoms with Gasteiger partial charge in [0.2, 0.25) is 15.9 Å². The smallest absolute Gasteiger partial charge is 0.241 e. The average Bonchev–Trinajstić information content (AvgIpc) is 2.68. The summed E-state index contributed by atoms with van der Waals surface area (Å²) in [6.45, 7) is 6.37. The van der Waals surface area contributed by atoms with Gasteiger partial charge in [0.05, 0.1) is 10.5 Å². The third kappa shape index (κ3) is 5.48. The maximum Gasteiger partial charge on any atom is 0.241 e. The van der Waals surface area contributed by atoms with Gasteiger partial charge < -0.3 is 15.5 Å². The van der Waals surface area contributed by atoms with Crippen molar-refractivity contribution >= 4 is 15.9 Å². The van der Waals surface area contributed by atoms with E-state index in [1.807, 2.05) is 0 Å². The Balaban J connectivity index is 1.72. The third-order valence-electron chi connectivity index (χ3n) is 6.84. The molecule has 7 nitrogen and oxygen atoms in total. The average molecular weight is 453 g/mol. The second kappa shape index (κ2) is 8.81. The number of benzene rings is 1. The van der Waals surface area contributed by atoms with Crippen LogP contribution in [0.3, 0.4) is 0 Å². The fraction of sp³-hybridized carbons (Fsp3) is 0.696. The molecule has 2 saturated carbocycles. The lowest BCUT2D eigenvalue weighted by Gasteiger charge is -2.45. The maximum atomic E-state index is 13.1. The number of hydrogen-bond acceptors (Lipinski definition) is 5. The van der Waals surface area contributed by atoms with E-state index in [0.717, 1.165) is 25.7 Å². The summed E-state index contributed by atoms with van der Waals surface area (Å²) in [5.41, 5.74) is -1.84. The van der Waals surface area contributed by atoms with Crippen LogP contribution in [0, 0.1) is 17.8 Å². The first-order chi connectivity index (χ1) is 14.3. The van der Waals surface area contributed by atoms with Crippen molar-refractivity contribution in [1.82, 2.24) is 10.0 Å². The summed E-state index contributed by atoms with van der Waals surface area (Å²) < 4.78 is 28.3. The number of nitrogens with one attached hydrogen (secondary N) is 2. The van der Waals surface area contributed by atoms with Gasteiger partial charge in [-0.3, -0.25) is 4.79 Å². The molecule has 174 valence electrons. The molecule has 4 N–H and O–H groups in total. The molecule has 0 heterocycles. The normalized spacial score (nSPS) is 27.0. The van der Waals surface area contributed by atoms with Crippen molar-refractivity contribution in [3.63, 3.8) is 0 Å². The lowest BCUT2D eigenvalue weighted by molar-refractivity contribution is -0.128. The number of rotatable bonds is 7. The van der Waals surface area contributed by atoms with Crippen LogP contribution in [0.1, 0.15) is 65.4 Å². The molecule has 0 spiro atoms. The first kappa shape index (κ1) is 24.2. The number of sulfonamides is 1. The van der Waals surface area contributed by atoms with Crippen molar-refractivity contribution in [3.05, 3.63) is 29.8 Å². The fourth-order valence-corrected chi connectivity index (χ4v) is 6.45. The van der Waals surface area contributed by atoms with Crippen LogP contribution in [0.25, 0.3) is 0 Å². The van der Waals surface area contributed by atoms with Crippen molar-refractivity contribution in [1.29, 1.82) is 0 Å². The molecule has 2 aliphatic carbocycles. The van der Waals surface area contributed by atoms with E-state index in [1.54, 1.807) is 39.8 Å². The van der Waals surface area contributed by atoms with Crippen molar-refractivity contribution in [2.75, 3.05) is 6.61 Å². The van der Waals surface area contributed by atoms with Crippen molar-refractivity contribution < 1.29 is 23.4 Å². The van der Waals surface area contributed by atoms with Crippen LogP contribution in [-0.2, 0) is 20.4 Å². The minimum atomic E-state index is -3.94. The SMILES string of the molecule is CC(C)(NS(=O)(=O)c1ccc(C(C)(C)O)cc1)C(=O)NC1C(CO)CC2CCCC1C2. The van der Waals surface area contributed by atoms with Crippen molar-refractivity contribution in [3.8, 4) is 0 Å². The van der Waals surface area contributed by atoms with Crippen LogP contribution in [0.15, 0.2) is 29.2 Å². The van der Waals surface area contributed by atoms with E-state index in [1.165, 1.54) is 18.6 Å². The van der Waals surface area contributed by atoms with E-state index in [2.05, 4.69) is 10.0 Å². The first-order valence-corrected chi connectivity index (χ1v) is 12.6. The van der Waals surface area contributed by atoms with Gasteiger partial charge in [-0.2, -0.15) is 4.72 Å². The number of aliphatic hydroxyl groups is 2. The highest BCUT2D eigenvalue weighted by atomic mass is 32.2. The molecule has 1 amide bonds. The van der Waals surface area contributed by atoms with Crippen LogP contribution >= 0.6 is 0 Å². The molecule has 2 fully saturated rings. The molecule has 31 heavy (non-hydrogen) atoms. The number of hydrogen-bond donors (Lipinski definition) is 4. The van der Waals surface area contributed by atoms with E-state index in [-0.39, 0.29) is 23.5 Å². The lowest BCUT2D eigenvalue weighted by atomic mass is 9.65. The molecule has 1 aromatic carbocycles. The summed E-state index contributed by atoms with van der Waals surface area (Å²) in [5, 5.41) is 23.0. The molecule has 8 heteroatoms. The van der Waals surface area contributed by atoms with E-state index in [4.69, 9.17) is 0 Å². The number of carbonyl (C=O) groups excluding carboxylic acids is 1. The van der Waals surface area contributed by atoms with Crippen LogP contribution in [0.5, 0.6) is 0 Å². The van der Waals surface area contributed by atoms with E-state index < -0.39 is 27.1 Å². The Kier molecular flexibility index (Phi) is 6.87. The van der Waals surface area contributed by atoms with Gasteiger partial charge in [-0.15, -0.1) is 0 Å². The fourth-order valence-electron chi connectivity index (χ4n) is 5.07. The van der Waals surface area contributed by atoms with Gasteiger partial charge in [0.25, 0.3) is 0 Å². The van der Waals surface area contributed by atoms with Gasteiger partial charge in [0, 0.05) is 18.6 Å². The number of fused-ring (bicyclic) bond motifs is 2. The molecule has 0 aliphatic heterocycles. The largest absolute Gasteiger partial charge is 0.396 e. The Morgan fingerprint density at radius 3 is 2.32 bits per heavy atom. The van der Waals surface area contributed by atoms with Gasteiger partial charge in [0.15, 0.2) is 0 Å². The Bertz CT molecular complexity index is 888. The summed E-state index contributed by atoms with van der Waals surface area (Å²) in [7, 11) is -3.94. The summed E-state index contributed by atoms with van der Waals surface area (Å²) in [4.78, 5) is 13.1. The lowest BCUT2D eigenvalue weighted by Crippen LogP contribution is -2.60. The summed E-state index contributed by atoms with van der Waals surface area (Å²) in [6, 6.07) is 5.84. The minimum absolute atomic E-state index is 0.00906. The maximum absolute atomic E-state index is 13.1. The summed E-state index contributed by atoms with van der Waals surface area (Å²) >= 11 is 0. The standard InChI is InChI=1S/C23H36N2O5S/c1-22(2,25-31(29,30)19-10-8-18(9-11-19)23(3,4)28)21(27)24-20-16-7-5-6-15(12-16)13-17(20)14-26/h8-11,15-17,20,25-26,28H,5-7,12-14H2,1-4H3,(H,24,27). The Hall–Kier alpha value is -1.48. The van der Waals surface area contributed by atoms with Gasteiger partial charge in [-0.1, -0.05) is 25.0 Å². The highest BCUT2D eigenvalue weighted by Gasteiger charge is 2.42. The van der Waals surface area contributed by atoms with Gasteiger partial charge >= 0.3 is 0 Å². The molecule has 2 bridgehead atoms. The van der Waals surface area contributed by atoms with Gasteiger partial charge in [0.1, 0.15) is 5.54 Å². The molecule has 0 saturated heterocycles. The van der Waals surface area contributed by atoms with E-state index in [0.29, 0.717) is 17.4 Å². The second-order valence-corrected chi connectivity index (χ2v) is 12.0. The van der Waals surface area contributed by atoms with Crippen LogP contribution < -0.4 is 10.0 Å². The predicted molar refractivity (Wildman–Crippen MR) is 119 cm³/mol. The Labute approximate surface area is 185 Å². The quantitative estimate of drug-likeness (QED) is 0.507. The summed E-state index contributed by atoms with van der Waals surface area (Å²) in [5.74, 6) is 0.560. The highest BCUT2D eigenvalue weighted by molar-refractivity contribution is 7.89. The zero-order valence-corrected chi connectivity index (χ0v) is 19.7. The molecule has 3 rings (SSSR count). The van der Waals surface area contributed by atoms with E-state index in [9.17, 15) is 23.4 Å². The zero-order valence-electron chi connectivity index (χ0n) is 18.9. The number of amides is 1. The Morgan fingerprint density at radius 1 is 1.10 bits per heavy atom. The van der Waals surface area contributed by atoms with Crippen molar-refractivity contribution in [2.45, 2.75) is 81.9 Å². The van der Waals surface area contributed by atoms with Crippen LogP contribution in [-0.4, -0.2) is 42.7 Å². The molecule has 1 aromatic rings. The number of carbonyl (C=O) groups is 1. The Morgan fingerprint density at radius 2 is 1.74 bits per heavy atom. The van der Waals surface area contributed by atoms with Crippen LogP contribution in [0.2, 0.25) is 0 Å². The zero-order chi connectivity index (χ0) is 23.0. The topological polar surface area (TPSA) is 116 Å². The minimum Gasteiger partial charge on any atom is -0.396 e. The van der Waals surface area contributed by atoms with Gasteiger partial charge in [-0.05, 0) is 76.5 Å². The highest BCUT2D eigenvalue weighted by Crippen LogP contribution is 2.42.